The highest BCUT2D eigenvalue weighted by Crippen LogP contribution is 2.67. The second kappa shape index (κ2) is 28.5. The molecule has 6 heterocycles. The van der Waals surface area contributed by atoms with Crippen LogP contribution < -0.4 is 26.5 Å². The van der Waals surface area contributed by atoms with Crippen molar-refractivity contribution in [1.82, 2.24) is 29.1 Å². The fraction of sp³-hybridized carbons (Fsp3) is 0.407. The van der Waals surface area contributed by atoms with Gasteiger partial charge in [0.2, 0.25) is 0 Å². The maximum absolute atomic E-state index is 15.5. The Morgan fingerprint density at radius 1 is 0.706 bits per heavy atom. The van der Waals surface area contributed by atoms with Crippen LogP contribution in [0.2, 0.25) is 0 Å². The van der Waals surface area contributed by atoms with E-state index in [9.17, 15) is 19.2 Å². The van der Waals surface area contributed by atoms with Gasteiger partial charge in [0.1, 0.15) is 47.8 Å². The molecule has 4 aromatic carbocycles. The van der Waals surface area contributed by atoms with Crippen LogP contribution in [0.3, 0.4) is 0 Å². The van der Waals surface area contributed by atoms with Gasteiger partial charge < -0.3 is 29.4 Å². The second-order valence-corrected chi connectivity index (χ2v) is 28.8. The van der Waals surface area contributed by atoms with Crippen molar-refractivity contribution in [1.29, 1.82) is 0 Å². The summed E-state index contributed by atoms with van der Waals surface area (Å²) in [5.74, 6) is 0.484. The molecule has 2 unspecified atom stereocenters. The van der Waals surface area contributed by atoms with E-state index in [2.05, 4.69) is 26.9 Å². The molecule has 0 amide bonds. The van der Waals surface area contributed by atoms with E-state index >= 15 is 9.13 Å². The number of rotatable bonds is 23. The molecular weight excluding hydrogens is 1170 g/mol. The van der Waals surface area contributed by atoms with Crippen LogP contribution in [0, 0.1) is 6.92 Å². The summed E-state index contributed by atoms with van der Waals surface area (Å²) in [6.45, 7) is -4.82. The zero-order valence-electron chi connectivity index (χ0n) is 47.1. The highest BCUT2D eigenvalue weighted by Gasteiger charge is 2.53. The van der Waals surface area contributed by atoms with Crippen molar-refractivity contribution in [2.24, 2.45) is 0 Å². The molecule has 450 valence electrons. The topological polar surface area (TPSA) is 276 Å². The number of aromatic amines is 1. The molecule has 3 saturated heterocycles. The number of fused-ring (bicyclic) bond motifs is 5. The molecule has 0 aliphatic carbocycles. The number of carbonyl (C=O) groups is 2. The zero-order chi connectivity index (χ0) is 59.5. The maximum Gasteiger partial charge on any atom is 0.390 e. The average Bonchev–Trinajstić information content (AvgIpc) is 2.56. The van der Waals surface area contributed by atoms with Crippen molar-refractivity contribution in [2.75, 3.05) is 32.7 Å². The van der Waals surface area contributed by atoms with Gasteiger partial charge in [0, 0.05) is 48.4 Å². The number of ether oxygens (including phenoxy) is 5. The number of ketones is 1. The number of hydrogen-bond donors (Lipinski definition) is 2. The number of unbranched alkanes of at least 4 members (excludes halogenated alkanes) is 7. The highest BCUT2D eigenvalue weighted by atomic mass is 32.7. The lowest BCUT2D eigenvalue weighted by Crippen LogP contribution is -2.40. The van der Waals surface area contributed by atoms with Gasteiger partial charge in [-0.25, -0.2) is 33.7 Å². The van der Waals surface area contributed by atoms with Crippen LogP contribution in [0.15, 0.2) is 132 Å². The van der Waals surface area contributed by atoms with Gasteiger partial charge >= 0.3 is 25.3 Å². The number of hydrogen-bond acceptors (Lipinski definition) is 21. The van der Waals surface area contributed by atoms with Crippen LogP contribution in [0.5, 0.6) is 11.5 Å². The predicted octanol–water partition coefficient (Wildman–Crippen LogP) is 11.3. The largest absolute Gasteiger partial charge is 0.494 e. The zero-order valence-corrected chi connectivity index (χ0v) is 50.6. The fourth-order valence-electron chi connectivity index (χ4n) is 10.0. The van der Waals surface area contributed by atoms with Gasteiger partial charge in [-0.15, -0.1) is 0 Å². The van der Waals surface area contributed by atoms with Crippen LogP contribution in [0.1, 0.15) is 120 Å². The minimum atomic E-state index is -4.39. The summed E-state index contributed by atoms with van der Waals surface area (Å²) >= 11 is 1.72. The van der Waals surface area contributed by atoms with Crippen LogP contribution in [-0.2, 0) is 52.9 Å². The number of aryl methyl sites for hydroxylation is 1. The van der Waals surface area contributed by atoms with E-state index in [1.54, 1.807) is 89.5 Å². The van der Waals surface area contributed by atoms with Gasteiger partial charge in [0.25, 0.3) is 5.56 Å². The number of esters is 1. The van der Waals surface area contributed by atoms with Crippen LogP contribution in [0.4, 0.5) is 5.82 Å². The number of imidazole rings is 1. The van der Waals surface area contributed by atoms with E-state index in [1.165, 1.54) is 64.5 Å². The smallest absolute Gasteiger partial charge is 0.390 e. The molecule has 4 bridgehead atoms. The predicted molar refractivity (Wildman–Crippen MR) is 321 cm³/mol. The average molecular weight is 1240 g/mol. The van der Waals surface area contributed by atoms with Gasteiger partial charge in [0.05, 0.1) is 37.8 Å². The Morgan fingerprint density at radius 2 is 1.33 bits per heavy atom. The Morgan fingerprint density at radius 3 is 2.01 bits per heavy atom. The third-order valence-electron chi connectivity index (χ3n) is 14.6. The molecule has 85 heavy (non-hydrogen) atoms. The Kier molecular flexibility index (Phi) is 20.7. The van der Waals surface area contributed by atoms with Crippen molar-refractivity contribution in [3.8, 4) is 11.5 Å². The monoisotopic (exact) mass is 1240 g/mol. The van der Waals surface area contributed by atoms with Crippen molar-refractivity contribution < 1.29 is 60.5 Å². The molecule has 26 heteroatoms. The van der Waals surface area contributed by atoms with Gasteiger partial charge in [0.15, 0.2) is 29.7 Å². The third-order valence-corrected chi connectivity index (χ3v) is 22.0. The summed E-state index contributed by atoms with van der Waals surface area (Å²) < 4.78 is 90.2. The normalized spacial score (nSPS) is 24.2. The van der Waals surface area contributed by atoms with Crippen molar-refractivity contribution in [2.45, 2.75) is 126 Å². The van der Waals surface area contributed by atoms with Crippen molar-refractivity contribution >= 4 is 65.1 Å². The summed E-state index contributed by atoms with van der Waals surface area (Å²) in [4.78, 5) is 67.5. The van der Waals surface area contributed by atoms with E-state index in [0.717, 1.165) is 51.8 Å². The first kappa shape index (κ1) is 61.8. The van der Waals surface area contributed by atoms with Crippen LogP contribution >= 0.6 is 36.4 Å². The molecule has 3 N–H and O–H groups in total. The Labute approximate surface area is 498 Å². The number of nitrogens with zero attached hydrogens (tertiary/aromatic N) is 5. The van der Waals surface area contributed by atoms with Crippen LogP contribution in [0.25, 0.3) is 11.2 Å². The second-order valence-electron chi connectivity index (χ2n) is 20.8. The molecule has 3 aliphatic heterocycles. The molecule has 7 aromatic rings. The van der Waals surface area contributed by atoms with Gasteiger partial charge in [-0.3, -0.25) is 41.8 Å². The Balaban J connectivity index is 0.871. The lowest BCUT2D eigenvalue weighted by molar-refractivity contribution is -0.0610. The minimum Gasteiger partial charge on any atom is -0.494 e. The first-order valence-electron chi connectivity index (χ1n) is 28.1. The van der Waals surface area contributed by atoms with Gasteiger partial charge in [-0.05, 0) is 83.6 Å². The summed E-state index contributed by atoms with van der Waals surface area (Å²) in [6.07, 6.45) is 5.43. The maximum atomic E-state index is 15.5. The van der Waals surface area contributed by atoms with E-state index in [-0.39, 0.29) is 47.4 Å². The summed E-state index contributed by atoms with van der Waals surface area (Å²) in [5, 5.41) is 0. The molecule has 3 fully saturated rings. The number of nitrogens with one attached hydrogen (secondary N) is 1. The fourth-order valence-corrected chi connectivity index (χ4v) is 16.8. The molecular formula is C59H67N7O15P2S2. The Bertz CT molecular complexity index is 3630. The van der Waals surface area contributed by atoms with Gasteiger partial charge in [-0.2, -0.15) is 0 Å². The van der Waals surface area contributed by atoms with E-state index < -0.39 is 80.4 Å². The van der Waals surface area contributed by atoms with E-state index in [4.69, 9.17) is 47.5 Å². The number of anilines is 1. The number of methoxy groups -OCH3 is 1. The summed E-state index contributed by atoms with van der Waals surface area (Å²) in [6, 6.07) is 28.8. The molecule has 9 atom stereocenters. The minimum absolute atomic E-state index is 0.0224. The molecule has 0 spiro atoms. The van der Waals surface area contributed by atoms with Gasteiger partial charge in [-0.1, -0.05) is 118 Å². The quantitative estimate of drug-likeness (QED) is 0.0198. The lowest BCUT2D eigenvalue weighted by atomic mass is 10.0. The Hall–Kier alpha value is -6.27. The number of carbonyl (C=O) groups excluding carboxylic acids is 2. The first-order chi connectivity index (χ1) is 41.2. The van der Waals surface area contributed by atoms with E-state index in [1.807, 2.05) is 19.1 Å². The summed E-state index contributed by atoms with van der Waals surface area (Å²) in [5.41, 5.74) is 8.93. The number of aromatic nitrogens is 6. The highest BCUT2D eigenvalue weighted by molar-refractivity contribution is 8.55. The molecule has 3 aliphatic rings. The molecule has 0 saturated carbocycles. The summed E-state index contributed by atoms with van der Waals surface area (Å²) in [7, 11) is 1.36. The number of H-pyrrole nitrogens is 1. The molecule has 22 nitrogen and oxygen atoms in total. The lowest BCUT2D eigenvalue weighted by Gasteiger charge is -2.29. The third kappa shape index (κ3) is 15.7. The number of nitrogen functional groups attached to an aromatic ring is 1. The number of nitrogens with two attached hydrogens (primary N) is 1. The number of benzene rings is 4. The van der Waals surface area contributed by atoms with Crippen molar-refractivity contribution in [3.05, 3.63) is 176 Å². The molecule has 10 rings (SSSR count). The molecule has 0 radical (unpaired) electrons. The standard InChI is InChI=1S/C59H67N7O15P2S2/c1-4-5-6-7-8-9-10-11-30-74-44-26-22-43(23-27-44)58(69)78-45-24-16-40(17-25-45)35-84-82(71)76-33-48-52(73-3)53(57(79-48)65-29-28-49(67)64-59(65)70)81-83(72,85-34-39-14-20-42(21-15-39)51(68)41-18-12-38(2)13-19-41)75-32-46-31-47(80-82)56(77-46)66-37-63-50-54(60)61-36-62-55(50)66/h12-29,36-37,46-48,52-53,56-57H,4-11,30-35H2,1-3H3,(H2,60,61,62)(H,64,67,70)/t46-,47+,48+,52+,53+,56+,57+,82?,83?/m0/s1. The first-order valence-corrected chi connectivity index (χ1v) is 34.4. The van der Waals surface area contributed by atoms with Crippen LogP contribution in [-0.4, -0.2) is 98.3 Å². The molecule has 3 aromatic heterocycles. The van der Waals surface area contributed by atoms with E-state index in [0.29, 0.717) is 45.8 Å². The van der Waals surface area contributed by atoms with Crippen molar-refractivity contribution in [3.63, 3.8) is 0 Å². The SMILES string of the molecule is CCCCCCCCCCOc1ccc(C(=O)Oc2ccc(CSP3(=O)OC[C@H]4O[C@@H](n5ccc(=O)[nH]c5=O)[C@H](OP(=O)(SCc5ccc(C(=O)c6ccc(C)cc6)cc5)OC[C@@H]5C[C@@H](O3)[C@H](n3cnc6c(N)ncnc63)O5)[C@@H]4OC)cc2)cc1.